The van der Waals surface area contributed by atoms with E-state index in [-0.39, 0.29) is 23.7 Å². The van der Waals surface area contributed by atoms with Gasteiger partial charge in [-0.3, -0.25) is 9.59 Å². The minimum absolute atomic E-state index is 0.133. The van der Waals surface area contributed by atoms with Crippen molar-refractivity contribution >= 4 is 23.2 Å². The number of benzene rings is 2. The van der Waals surface area contributed by atoms with Crippen molar-refractivity contribution in [2.45, 2.75) is 20.3 Å². The Morgan fingerprint density at radius 1 is 0.960 bits per heavy atom. The molecule has 0 aromatic heterocycles. The second-order valence-electron chi connectivity index (χ2n) is 6.35. The first kappa shape index (κ1) is 16.7. The molecule has 1 fully saturated rings. The van der Waals surface area contributed by atoms with Gasteiger partial charge in [-0.2, -0.15) is 5.26 Å². The van der Waals surface area contributed by atoms with E-state index in [4.69, 9.17) is 5.26 Å². The summed E-state index contributed by atoms with van der Waals surface area (Å²) >= 11 is 0. The van der Waals surface area contributed by atoms with Crippen LogP contribution in [0.25, 0.3) is 0 Å². The Morgan fingerprint density at radius 3 is 2.20 bits per heavy atom. The topological polar surface area (TPSA) is 82.0 Å². The molecule has 25 heavy (non-hydrogen) atoms. The highest BCUT2D eigenvalue weighted by Crippen LogP contribution is 2.40. The molecular weight excluding hydrogens is 314 g/mol. The molecule has 2 amide bonds. The van der Waals surface area contributed by atoms with Crippen molar-refractivity contribution in [2.75, 3.05) is 10.6 Å². The number of hydrogen-bond acceptors (Lipinski definition) is 3. The molecule has 5 nitrogen and oxygen atoms in total. The number of carbonyl (C=O) groups is 2. The maximum Gasteiger partial charge on any atom is 0.228 e. The molecule has 0 aliphatic heterocycles. The number of aryl methyl sites for hydroxylation is 2. The molecule has 5 heteroatoms. The Hall–Kier alpha value is -3.13. The summed E-state index contributed by atoms with van der Waals surface area (Å²) in [4.78, 5) is 24.8. The van der Waals surface area contributed by atoms with Crippen molar-refractivity contribution in [3.63, 3.8) is 0 Å². The van der Waals surface area contributed by atoms with Gasteiger partial charge >= 0.3 is 0 Å². The van der Waals surface area contributed by atoms with Crippen molar-refractivity contribution in [3.05, 3.63) is 59.2 Å². The van der Waals surface area contributed by atoms with Gasteiger partial charge in [0.15, 0.2) is 0 Å². The van der Waals surface area contributed by atoms with Gasteiger partial charge in [0.25, 0.3) is 0 Å². The number of hydrogen-bond donors (Lipinski definition) is 2. The SMILES string of the molecule is Cc1cccc(C)c1NC(=O)C1CC1C(=O)Nc1ccccc1C#N. The van der Waals surface area contributed by atoms with E-state index in [0.717, 1.165) is 16.8 Å². The fourth-order valence-corrected chi connectivity index (χ4v) is 2.92. The van der Waals surface area contributed by atoms with Crippen LogP contribution in [-0.4, -0.2) is 11.8 Å². The van der Waals surface area contributed by atoms with Gasteiger partial charge in [-0.05, 0) is 43.5 Å². The van der Waals surface area contributed by atoms with Gasteiger partial charge in [-0.25, -0.2) is 0 Å². The molecule has 1 saturated carbocycles. The molecule has 2 aromatic rings. The third-order valence-electron chi connectivity index (χ3n) is 4.50. The maximum atomic E-state index is 12.4. The Labute approximate surface area is 146 Å². The summed E-state index contributed by atoms with van der Waals surface area (Å²) in [7, 11) is 0. The van der Waals surface area contributed by atoms with Gasteiger partial charge in [-0.15, -0.1) is 0 Å². The highest BCUT2D eigenvalue weighted by Gasteiger charge is 2.48. The molecule has 2 N–H and O–H groups in total. The van der Waals surface area contributed by atoms with Crippen molar-refractivity contribution < 1.29 is 9.59 Å². The Bertz CT molecular complexity index is 863. The third kappa shape index (κ3) is 3.53. The van der Waals surface area contributed by atoms with Crippen molar-refractivity contribution in [2.24, 2.45) is 11.8 Å². The molecule has 2 unspecified atom stereocenters. The fourth-order valence-electron chi connectivity index (χ4n) is 2.92. The summed E-state index contributed by atoms with van der Waals surface area (Å²) in [5, 5.41) is 14.8. The molecular formula is C20H19N3O2. The largest absolute Gasteiger partial charge is 0.325 e. The Kier molecular flexibility index (Phi) is 4.53. The van der Waals surface area contributed by atoms with Crippen LogP contribution >= 0.6 is 0 Å². The molecule has 3 rings (SSSR count). The van der Waals surface area contributed by atoms with Crippen LogP contribution < -0.4 is 10.6 Å². The summed E-state index contributed by atoms with van der Waals surface area (Å²) in [6, 6.07) is 14.7. The number of anilines is 2. The molecule has 0 heterocycles. The minimum Gasteiger partial charge on any atom is -0.325 e. The molecule has 2 aromatic carbocycles. The van der Waals surface area contributed by atoms with E-state index in [2.05, 4.69) is 10.6 Å². The second kappa shape index (κ2) is 6.78. The van der Waals surface area contributed by atoms with Crippen molar-refractivity contribution in [1.29, 1.82) is 5.26 Å². The molecule has 0 bridgehead atoms. The summed E-state index contributed by atoms with van der Waals surface area (Å²) in [6.07, 6.45) is 0.525. The zero-order valence-corrected chi connectivity index (χ0v) is 14.2. The average Bonchev–Trinajstić information content (AvgIpc) is 3.39. The quantitative estimate of drug-likeness (QED) is 0.900. The number of amides is 2. The summed E-state index contributed by atoms with van der Waals surface area (Å²) < 4.78 is 0. The smallest absolute Gasteiger partial charge is 0.228 e. The summed E-state index contributed by atoms with van der Waals surface area (Å²) in [5.74, 6) is -1.03. The zero-order valence-electron chi connectivity index (χ0n) is 14.2. The molecule has 1 aliphatic rings. The van der Waals surface area contributed by atoms with Gasteiger partial charge in [0.1, 0.15) is 6.07 Å². The number of nitrogens with one attached hydrogen (secondary N) is 2. The summed E-state index contributed by atoms with van der Waals surface area (Å²) in [6.45, 7) is 3.89. The Balaban J connectivity index is 1.63. The number of nitriles is 1. The van der Waals surface area contributed by atoms with Crippen molar-refractivity contribution in [3.8, 4) is 6.07 Å². The monoisotopic (exact) mass is 333 g/mol. The van der Waals surface area contributed by atoms with Gasteiger partial charge in [0, 0.05) is 5.69 Å². The van der Waals surface area contributed by atoms with Crippen LogP contribution in [-0.2, 0) is 9.59 Å². The first-order valence-electron chi connectivity index (χ1n) is 8.18. The lowest BCUT2D eigenvalue weighted by atomic mass is 10.1. The van der Waals surface area contributed by atoms with Gasteiger partial charge in [0.05, 0.1) is 23.1 Å². The molecule has 0 radical (unpaired) electrons. The van der Waals surface area contributed by atoms with Crippen LogP contribution in [0.1, 0.15) is 23.1 Å². The first-order chi connectivity index (χ1) is 12.0. The van der Waals surface area contributed by atoms with E-state index < -0.39 is 0 Å². The minimum atomic E-state index is -0.351. The van der Waals surface area contributed by atoms with Crippen LogP contribution in [0.15, 0.2) is 42.5 Å². The number of carbonyl (C=O) groups excluding carboxylic acids is 2. The molecule has 126 valence electrons. The molecule has 1 aliphatic carbocycles. The second-order valence-corrected chi connectivity index (χ2v) is 6.35. The van der Waals surface area contributed by atoms with E-state index in [1.54, 1.807) is 24.3 Å². The van der Waals surface area contributed by atoms with Crippen LogP contribution in [0.4, 0.5) is 11.4 Å². The van der Waals surface area contributed by atoms with Crippen LogP contribution in [0.2, 0.25) is 0 Å². The van der Waals surface area contributed by atoms with E-state index >= 15 is 0 Å². The number of nitrogens with zero attached hydrogens (tertiary/aromatic N) is 1. The maximum absolute atomic E-state index is 12.4. The predicted octanol–water partition coefficient (Wildman–Crippen LogP) is 3.39. The van der Waals surface area contributed by atoms with E-state index in [1.165, 1.54) is 0 Å². The van der Waals surface area contributed by atoms with E-state index in [0.29, 0.717) is 17.7 Å². The fraction of sp³-hybridized carbons (Fsp3) is 0.250. The number of rotatable bonds is 4. The highest BCUT2D eigenvalue weighted by molar-refractivity contribution is 6.04. The predicted molar refractivity (Wildman–Crippen MR) is 95.9 cm³/mol. The Morgan fingerprint density at radius 2 is 1.56 bits per heavy atom. The van der Waals surface area contributed by atoms with E-state index in [9.17, 15) is 9.59 Å². The van der Waals surface area contributed by atoms with Crippen LogP contribution in [0.3, 0.4) is 0 Å². The highest BCUT2D eigenvalue weighted by atomic mass is 16.2. The zero-order chi connectivity index (χ0) is 18.0. The molecule has 0 spiro atoms. The summed E-state index contributed by atoms with van der Waals surface area (Å²) in [5.41, 5.74) is 3.70. The first-order valence-corrected chi connectivity index (χ1v) is 8.18. The normalized spacial score (nSPS) is 18.1. The van der Waals surface area contributed by atoms with Gasteiger partial charge < -0.3 is 10.6 Å². The standard InChI is InChI=1S/C20H19N3O2/c1-12-6-5-7-13(2)18(12)23-20(25)16-10-15(16)19(24)22-17-9-4-3-8-14(17)11-21/h3-9,15-16H,10H2,1-2H3,(H,22,24)(H,23,25). The lowest BCUT2D eigenvalue weighted by Crippen LogP contribution is -2.21. The van der Waals surface area contributed by atoms with Crippen LogP contribution in [0, 0.1) is 37.0 Å². The van der Waals surface area contributed by atoms with Crippen molar-refractivity contribution in [1.82, 2.24) is 0 Å². The van der Waals surface area contributed by atoms with Gasteiger partial charge in [-0.1, -0.05) is 30.3 Å². The molecule has 0 saturated heterocycles. The lowest BCUT2D eigenvalue weighted by Gasteiger charge is -2.11. The molecule has 2 atom stereocenters. The number of para-hydroxylation sites is 2. The van der Waals surface area contributed by atoms with Gasteiger partial charge in [0.2, 0.25) is 11.8 Å². The third-order valence-corrected chi connectivity index (χ3v) is 4.50. The van der Waals surface area contributed by atoms with Crippen LogP contribution in [0.5, 0.6) is 0 Å². The average molecular weight is 333 g/mol. The van der Waals surface area contributed by atoms with E-state index in [1.807, 2.05) is 38.1 Å². The lowest BCUT2D eigenvalue weighted by molar-refractivity contribution is -0.122.